The molecule has 2 radical (unpaired) electrons. The second-order valence-electron chi connectivity index (χ2n) is 0.305. The van der Waals surface area contributed by atoms with Crippen molar-refractivity contribution < 1.29 is 48.8 Å². The largest absolute Gasteiger partial charge is 0 e. The molecule has 2 nitrogen and oxygen atoms in total. The minimum absolute atomic E-state index is 0. The van der Waals surface area contributed by atoms with Gasteiger partial charge >= 0.3 is 31.5 Å². The zero-order chi connectivity index (χ0) is 3.58. The fourth-order valence-electron chi connectivity index (χ4n) is 0. The van der Waals surface area contributed by atoms with Gasteiger partial charge in [0.2, 0.25) is 0 Å². The van der Waals surface area contributed by atoms with Crippen LogP contribution < -0.4 is 0 Å². The average molecular weight is 377 g/mol. The summed E-state index contributed by atoms with van der Waals surface area (Å²) in [6.45, 7) is 0. The molecule has 0 aromatic carbocycles. The first-order valence-corrected chi connectivity index (χ1v) is 1.73. The minimum Gasteiger partial charge on any atom is 0 e. The molecule has 0 aromatic heterocycles. The van der Waals surface area contributed by atoms with Gasteiger partial charge in [0.15, 0.2) is 0 Å². The summed E-state index contributed by atoms with van der Waals surface area (Å²) in [7, 11) is 0. The second kappa shape index (κ2) is 9.55. The summed E-state index contributed by atoms with van der Waals surface area (Å²) in [6.07, 6.45) is 0. The molecule has 1 N–H and O–H groups in total. The van der Waals surface area contributed by atoms with E-state index in [4.69, 9.17) is 9.90 Å². The molecule has 0 aliphatic rings. The molecule has 0 spiro atoms. The van der Waals surface area contributed by atoms with Crippen LogP contribution in [0.2, 0.25) is 0 Å². The predicted octanol–water partition coefficient (Wildman–Crippen LogP) is -0.440. The van der Waals surface area contributed by atoms with Gasteiger partial charge in [0, 0.05) is 38.9 Å². The fraction of sp³-hybridized carbons (Fsp3) is 0. The van der Waals surface area contributed by atoms with E-state index in [1.807, 2.05) is 0 Å². The zero-order valence-corrected chi connectivity index (χ0v) is 7.73. The van der Waals surface area contributed by atoms with Crippen molar-refractivity contribution in [3.63, 3.8) is 0 Å². The van der Waals surface area contributed by atoms with Gasteiger partial charge in [-0.2, -0.15) is 0 Å². The van der Waals surface area contributed by atoms with E-state index in [1.54, 1.807) is 0 Å². The maximum atomic E-state index is 9.00. The Morgan fingerprint density at radius 2 is 1.67 bits per heavy atom. The van der Waals surface area contributed by atoms with E-state index in [1.165, 1.54) is 0 Å². The second-order valence-corrected chi connectivity index (χ2v) is 1.20. The SMILES string of the molecule is O=C(O)[AsH].[Au].[Ni]. The molecule has 0 bridgehead atoms. The Kier molecular flexibility index (Phi) is 24.9. The number of carboxylic acid groups (broad SMARTS) is 1. The van der Waals surface area contributed by atoms with Gasteiger partial charge in [0.05, 0.1) is 0 Å². The molecule has 6 heavy (non-hydrogen) atoms. The summed E-state index contributed by atoms with van der Waals surface area (Å²) in [5.74, 6) is 0. The molecule has 0 amide bonds. The maximum Gasteiger partial charge on any atom is 0 e. The quantitative estimate of drug-likeness (QED) is 0.582. The average Bonchev–Trinajstić information content (AvgIpc) is 0.811. The van der Waals surface area contributed by atoms with Gasteiger partial charge in [-0.25, -0.2) is 0 Å². The van der Waals surface area contributed by atoms with Crippen LogP contribution in [0.15, 0.2) is 0 Å². The van der Waals surface area contributed by atoms with Gasteiger partial charge in [-0.3, -0.25) is 0 Å². The number of carbonyl (C=O) groups is 1. The van der Waals surface area contributed by atoms with Crippen LogP contribution in [0.1, 0.15) is 0 Å². The predicted molar refractivity (Wildman–Crippen MR) is 15.2 cm³/mol. The molecule has 0 fully saturated rings. The minimum atomic E-state index is -0.833. The third-order valence-electron chi connectivity index (χ3n) is 0. The van der Waals surface area contributed by atoms with E-state index in [2.05, 4.69) is 0 Å². The molecular formula is CH2AsAuNiO2. The van der Waals surface area contributed by atoms with E-state index in [0.29, 0.717) is 0 Å². The van der Waals surface area contributed by atoms with E-state index < -0.39 is 4.76 Å². The van der Waals surface area contributed by atoms with Crippen LogP contribution in [0.4, 0.5) is 4.79 Å². The Balaban J connectivity index is -0.0000000450. The third-order valence-corrected chi connectivity index (χ3v) is 0. The van der Waals surface area contributed by atoms with Crippen LogP contribution >= 0.6 is 0 Å². The Hall–Kier alpha value is 1.26. The standard InChI is InChI=1S/CH2AsO2.Au.Ni/c2-1(3)4;;/h2H,(H,3,4);;. The summed E-state index contributed by atoms with van der Waals surface area (Å²) in [5.41, 5.74) is 0. The van der Waals surface area contributed by atoms with Crippen molar-refractivity contribution in [3.8, 4) is 0 Å². The van der Waals surface area contributed by atoms with Gasteiger partial charge in [-0.05, 0) is 0 Å². The van der Waals surface area contributed by atoms with E-state index in [0.717, 1.165) is 16.9 Å². The van der Waals surface area contributed by atoms with E-state index >= 15 is 0 Å². The molecular weight excluding hydrogens is 375 g/mol. The van der Waals surface area contributed by atoms with Crippen molar-refractivity contribution in [3.05, 3.63) is 0 Å². The monoisotopic (exact) mass is 376 g/mol. The molecule has 0 atom stereocenters. The van der Waals surface area contributed by atoms with Gasteiger partial charge in [0.25, 0.3) is 0 Å². The Labute approximate surface area is 70.0 Å². The van der Waals surface area contributed by atoms with Crippen molar-refractivity contribution >= 4 is 21.6 Å². The molecule has 0 saturated carbocycles. The van der Waals surface area contributed by atoms with Crippen molar-refractivity contribution in [2.24, 2.45) is 0 Å². The first-order chi connectivity index (χ1) is 1.73. The summed E-state index contributed by atoms with van der Waals surface area (Å²) in [5, 5.41) is 7.42. The van der Waals surface area contributed by atoms with E-state index in [9.17, 15) is 0 Å². The van der Waals surface area contributed by atoms with Crippen molar-refractivity contribution in [2.75, 3.05) is 0 Å². The summed E-state index contributed by atoms with van der Waals surface area (Å²) < 4.78 is -0.833. The van der Waals surface area contributed by atoms with Gasteiger partial charge in [-0.15, -0.1) is 0 Å². The van der Waals surface area contributed by atoms with Gasteiger partial charge in [-0.1, -0.05) is 0 Å². The normalized spacial score (nSPS) is 4.17. The number of hydrogen-bond acceptors (Lipinski definition) is 1. The third kappa shape index (κ3) is 60.0. The number of rotatable bonds is 0. The first-order valence-electron chi connectivity index (χ1n) is 0.678. The van der Waals surface area contributed by atoms with Crippen LogP contribution in [0.25, 0.3) is 0 Å². The summed E-state index contributed by atoms with van der Waals surface area (Å²) in [6, 6.07) is 0. The van der Waals surface area contributed by atoms with Crippen molar-refractivity contribution in [2.45, 2.75) is 0 Å². The van der Waals surface area contributed by atoms with Crippen LogP contribution in [-0.2, 0) is 38.9 Å². The van der Waals surface area contributed by atoms with Crippen molar-refractivity contribution in [1.82, 2.24) is 0 Å². The Morgan fingerprint density at radius 3 is 1.67 bits per heavy atom. The Bertz CT molecular complexity index is 36.5. The molecule has 0 aliphatic carbocycles. The summed E-state index contributed by atoms with van der Waals surface area (Å²) >= 11 is 1.08. The summed E-state index contributed by atoms with van der Waals surface area (Å²) in [4.78, 5) is 9.00. The van der Waals surface area contributed by atoms with Crippen LogP contribution in [0.5, 0.6) is 0 Å². The topological polar surface area (TPSA) is 37.3 Å². The van der Waals surface area contributed by atoms with Crippen LogP contribution in [0, 0.1) is 0 Å². The first kappa shape index (κ1) is 15.7. The molecule has 0 rings (SSSR count). The molecule has 0 unspecified atom stereocenters. The van der Waals surface area contributed by atoms with Crippen LogP contribution in [-0.4, -0.2) is 26.7 Å². The Morgan fingerprint density at radius 1 is 1.67 bits per heavy atom. The smallest absolute Gasteiger partial charge is 0 e. The molecule has 5 heteroatoms. The maximum absolute atomic E-state index is 9.00. The van der Waals surface area contributed by atoms with Crippen LogP contribution in [0.3, 0.4) is 0 Å². The number of hydrogen-bond donors (Lipinski definition) is 1. The van der Waals surface area contributed by atoms with E-state index in [-0.39, 0.29) is 38.9 Å². The zero-order valence-electron chi connectivity index (χ0n) is 2.47. The molecule has 44 valence electrons. The molecule has 0 heterocycles. The van der Waals surface area contributed by atoms with Gasteiger partial charge < -0.3 is 0 Å². The molecule has 0 aromatic rings. The van der Waals surface area contributed by atoms with Gasteiger partial charge in [0.1, 0.15) is 0 Å². The molecule has 0 aliphatic heterocycles. The fourth-order valence-corrected chi connectivity index (χ4v) is 0. The molecule has 0 saturated heterocycles. The van der Waals surface area contributed by atoms with Crippen molar-refractivity contribution in [1.29, 1.82) is 0 Å².